The Balaban J connectivity index is 1.94. The zero-order chi connectivity index (χ0) is 18.4. The van der Waals surface area contributed by atoms with Crippen LogP contribution in [0.1, 0.15) is 19.4 Å². The highest BCUT2D eigenvalue weighted by Gasteiger charge is 2.19. The maximum atomic E-state index is 12.1. The third-order valence-corrected chi connectivity index (χ3v) is 3.79. The van der Waals surface area contributed by atoms with Crippen molar-refractivity contribution < 1.29 is 9.90 Å². The Labute approximate surface area is 149 Å². The van der Waals surface area contributed by atoms with Crippen LogP contribution in [0, 0.1) is 0 Å². The maximum Gasteiger partial charge on any atom is 0.321 e. The fourth-order valence-corrected chi connectivity index (χ4v) is 2.62. The van der Waals surface area contributed by atoms with Gasteiger partial charge in [0.1, 0.15) is 0 Å². The molecule has 0 saturated carbocycles. The third kappa shape index (κ3) is 6.12. The van der Waals surface area contributed by atoms with Crippen molar-refractivity contribution in [1.82, 2.24) is 4.90 Å². The SMILES string of the molecule is CN(CC(C)(C)O)C(=O)Nc1ccc(N(C)Cc2ccccc2)cc1. The summed E-state index contributed by atoms with van der Waals surface area (Å²) in [5, 5.41) is 12.6. The minimum atomic E-state index is -0.921. The monoisotopic (exact) mass is 341 g/mol. The second kappa shape index (κ2) is 8.03. The quantitative estimate of drug-likeness (QED) is 0.845. The van der Waals surface area contributed by atoms with Crippen LogP contribution in [0.5, 0.6) is 0 Å². The number of aliphatic hydroxyl groups is 1. The van der Waals surface area contributed by atoms with Crippen molar-refractivity contribution in [1.29, 1.82) is 0 Å². The molecule has 134 valence electrons. The molecule has 0 aliphatic rings. The first-order valence-corrected chi connectivity index (χ1v) is 8.34. The van der Waals surface area contributed by atoms with E-state index in [1.807, 2.05) is 49.5 Å². The fourth-order valence-electron chi connectivity index (χ4n) is 2.62. The molecule has 2 aromatic rings. The van der Waals surface area contributed by atoms with Gasteiger partial charge < -0.3 is 20.2 Å². The number of hydrogen-bond donors (Lipinski definition) is 2. The van der Waals surface area contributed by atoms with E-state index in [2.05, 4.69) is 22.3 Å². The number of hydrogen-bond acceptors (Lipinski definition) is 3. The van der Waals surface area contributed by atoms with Crippen molar-refractivity contribution in [3.63, 3.8) is 0 Å². The van der Waals surface area contributed by atoms with Gasteiger partial charge in [0, 0.05) is 32.0 Å². The van der Waals surface area contributed by atoms with Crippen molar-refractivity contribution in [2.45, 2.75) is 26.0 Å². The number of amides is 2. The van der Waals surface area contributed by atoms with Gasteiger partial charge in [0.2, 0.25) is 0 Å². The molecule has 0 unspecified atom stereocenters. The number of benzene rings is 2. The Morgan fingerprint density at radius 1 is 1.04 bits per heavy atom. The highest BCUT2D eigenvalue weighted by Crippen LogP contribution is 2.19. The molecule has 0 aliphatic heterocycles. The molecule has 0 atom stereocenters. The molecule has 0 spiro atoms. The molecule has 0 aliphatic carbocycles. The predicted molar refractivity (Wildman–Crippen MR) is 103 cm³/mol. The Kier molecular flexibility index (Phi) is 6.04. The van der Waals surface area contributed by atoms with Crippen LogP contribution in [0.25, 0.3) is 0 Å². The molecule has 0 bridgehead atoms. The summed E-state index contributed by atoms with van der Waals surface area (Å²) in [7, 11) is 3.70. The van der Waals surface area contributed by atoms with Crippen LogP contribution in [0.2, 0.25) is 0 Å². The average molecular weight is 341 g/mol. The largest absolute Gasteiger partial charge is 0.389 e. The summed E-state index contributed by atoms with van der Waals surface area (Å²) in [5.41, 5.74) is 2.13. The van der Waals surface area contributed by atoms with Gasteiger partial charge >= 0.3 is 6.03 Å². The van der Waals surface area contributed by atoms with E-state index in [0.717, 1.165) is 17.9 Å². The van der Waals surface area contributed by atoms with E-state index in [-0.39, 0.29) is 12.6 Å². The van der Waals surface area contributed by atoms with Crippen molar-refractivity contribution >= 4 is 17.4 Å². The lowest BCUT2D eigenvalue weighted by atomic mass is 10.1. The van der Waals surface area contributed by atoms with Crippen molar-refractivity contribution in [2.75, 3.05) is 30.9 Å². The van der Waals surface area contributed by atoms with E-state index in [0.29, 0.717) is 0 Å². The summed E-state index contributed by atoms with van der Waals surface area (Å²) in [6.07, 6.45) is 0. The van der Waals surface area contributed by atoms with Gasteiger partial charge in [0.05, 0.1) is 12.1 Å². The summed E-state index contributed by atoms with van der Waals surface area (Å²) in [6.45, 7) is 4.43. The molecule has 2 N–H and O–H groups in total. The van der Waals surface area contributed by atoms with Crippen molar-refractivity contribution in [3.8, 4) is 0 Å². The predicted octanol–water partition coefficient (Wildman–Crippen LogP) is 3.56. The molecule has 2 aromatic carbocycles. The number of nitrogens with zero attached hydrogens (tertiary/aromatic N) is 2. The summed E-state index contributed by atoms with van der Waals surface area (Å²) in [4.78, 5) is 15.8. The standard InChI is InChI=1S/C20H27N3O2/c1-20(2,25)15-23(4)19(24)21-17-10-12-18(13-11-17)22(3)14-16-8-6-5-7-9-16/h5-13,25H,14-15H2,1-4H3,(H,21,24). The first kappa shape index (κ1) is 18.8. The van der Waals surface area contributed by atoms with Gasteiger partial charge in [-0.05, 0) is 43.7 Å². The number of nitrogens with one attached hydrogen (secondary N) is 1. The minimum absolute atomic E-state index is 0.243. The van der Waals surface area contributed by atoms with E-state index >= 15 is 0 Å². The molecular weight excluding hydrogens is 314 g/mol. The van der Waals surface area contributed by atoms with Gasteiger partial charge in [-0.25, -0.2) is 4.79 Å². The molecule has 25 heavy (non-hydrogen) atoms. The Morgan fingerprint density at radius 2 is 1.64 bits per heavy atom. The normalized spacial score (nSPS) is 11.1. The van der Waals surface area contributed by atoms with E-state index < -0.39 is 5.60 Å². The average Bonchev–Trinajstić information content (AvgIpc) is 2.54. The number of carbonyl (C=O) groups is 1. The zero-order valence-electron chi connectivity index (χ0n) is 15.4. The zero-order valence-corrected chi connectivity index (χ0v) is 15.4. The number of likely N-dealkylation sites (N-methyl/N-ethyl adjacent to an activating group) is 1. The summed E-state index contributed by atoms with van der Waals surface area (Å²) in [5.74, 6) is 0. The fraction of sp³-hybridized carbons (Fsp3) is 0.350. The van der Waals surface area contributed by atoms with E-state index in [9.17, 15) is 9.90 Å². The highest BCUT2D eigenvalue weighted by atomic mass is 16.3. The molecule has 0 radical (unpaired) electrons. The van der Waals surface area contributed by atoms with Crippen LogP contribution >= 0.6 is 0 Å². The smallest absolute Gasteiger partial charge is 0.321 e. The number of rotatable bonds is 6. The maximum absolute atomic E-state index is 12.1. The van der Waals surface area contributed by atoms with Gasteiger partial charge in [0.15, 0.2) is 0 Å². The first-order chi connectivity index (χ1) is 11.7. The molecule has 0 heterocycles. The number of urea groups is 1. The van der Waals surface area contributed by atoms with Crippen LogP contribution < -0.4 is 10.2 Å². The van der Waals surface area contributed by atoms with Crippen LogP contribution in [0.15, 0.2) is 54.6 Å². The minimum Gasteiger partial charge on any atom is -0.389 e. The van der Waals surface area contributed by atoms with Crippen molar-refractivity contribution in [2.24, 2.45) is 0 Å². The summed E-state index contributed by atoms with van der Waals surface area (Å²) in [6, 6.07) is 17.8. The van der Waals surface area contributed by atoms with Gasteiger partial charge in [-0.3, -0.25) is 0 Å². The van der Waals surface area contributed by atoms with Gasteiger partial charge in [0.25, 0.3) is 0 Å². The van der Waals surface area contributed by atoms with Gasteiger partial charge in [-0.1, -0.05) is 30.3 Å². The molecular formula is C20H27N3O2. The number of anilines is 2. The second-order valence-corrected chi connectivity index (χ2v) is 6.99. The molecule has 0 aromatic heterocycles. The Morgan fingerprint density at radius 3 is 2.20 bits per heavy atom. The first-order valence-electron chi connectivity index (χ1n) is 8.34. The van der Waals surface area contributed by atoms with E-state index in [1.165, 1.54) is 10.5 Å². The van der Waals surface area contributed by atoms with Crippen LogP contribution in [0.4, 0.5) is 16.2 Å². The summed E-state index contributed by atoms with van der Waals surface area (Å²) < 4.78 is 0. The number of carbonyl (C=O) groups excluding carboxylic acids is 1. The topological polar surface area (TPSA) is 55.8 Å². The van der Waals surface area contributed by atoms with Gasteiger partial charge in [-0.15, -0.1) is 0 Å². The summed E-state index contributed by atoms with van der Waals surface area (Å²) >= 11 is 0. The van der Waals surface area contributed by atoms with Crippen molar-refractivity contribution in [3.05, 3.63) is 60.2 Å². The van der Waals surface area contributed by atoms with Crippen LogP contribution in [0.3, 0.4) is 0 Å². The Bertz CT molecular complexity index is 678. The Hall–Kier alpha value is -2.53. The molecule has 0 saturated heterocycles. The lowest BCUT2D eigenvalue weighted by Crippen LogP contribution is -2.41. The second-order valence-electron chi connectivity index (χ2n) is 6.99. The highest BCUT2D eigenvalue weighted by molar-refractivity contribution is 5.89. The van der Waals surface area contributed by atoms with Gasteiger partial charge in [-0.2, -0.15) is 0 Å². The van der Waals surface area contributed by atoms with E-state index in [4.69, 9.17) is 0 Å². The molecule has 5 heteroatoms. The lowest BCUT2D eigenvalue weighted by molar-refractivity contribution is 0.0550. The third-order valence-electron chi connectivity index (χ3n) is 3.79. The van der Waals surface area contributed by atoms with Crippen LogP contribution in [-0.4, -0.2) is 42.3 Å². The molecule has 2 rings (SSSR count). The molecule has 5 nitrogen and oxygen atoms in total. The van der Waals surface area contributed by atoms with E-state index in [1.54, 1.807) is 20.9 Å². The van der Waals surface area contributed by atoms with Crippen LogP contribution in [-0.2, 0) is 6.54 Å². The lowest BCUT2D eigenvalue weighted by Gasteiger charge is -2.26. The molecule has 2 amide bonds. The molecule has 0 fully saturated rings.